The van der Waals surface area contributed by atoms with E-state index >= 15 is 0 Å². The van der Waals surface area contributed by atoms with Gasteiger partial charge in [-0.15, -0.1) is 11.6 Å². The van der Waals surface area contributed by atoms with E-state index in [-0.39, 0.29) is 16.5 Å². The van der Waals surface area contributed by atoms with E-state index in [1.54, 1.807) is 6.92 Å². The second-order valence-electron chi connectivity index (χ2n) is 2.77. The summed E-state index contributed by atoms with van der Waals surface area (Å²) in [4.78, 5) is 10.7. The average Bonchev–Trinajstić information content (AvgIpc) is 1.97. The Kier molecular flexibility index (Phi) is 6.90. The van der Waals surface area contributed by atoms with Gasteiger partial charge in [0.2, 0.25) is 0 Å². The monoisotopic (exact) mass is 210 g/mol. The van der Waals surface area contributed by atoms with Crippen molar-refractivity contribution >= 4 is 28.5 Å². The lowest BCUT2D eigenvalue weighted by molar-refractivity contribution is -0.109. The van der Waals surface area contributed by atoms with Crippen molar-refractivity contribution in [3.8, 4) is 0 Å². The summed E-state index contributed by atoms with van der Waals surface area (Å²) in [5.74, 6) is 0.455. The first-order valence-corrected chi connectivity index (χ1v) is 5.32. The van der Waals surface area contributed by atoms with Gasteiger partial charge in [0.25, 0.3) is 0 Å². The first-order valence-electron chi connectivity index (χ1n) is 3.91. The quantitative estimate of drug-likeness (QED) is 0.652. The molecule has 2 nitrogen and oxygen atoms in total. The SMILES string of the molecule is CC(=O)SC(CCl)COC(C)C. The molecule has 0 spiro atoms. The highest BCUT2D eigenvalue weighted by Crippen LogP contribution is 2.14. The van der Waals surface area contributed by atoms with Gasteiger partial charge in [-0.25, -0.2) is 0 Å². The first-order chi connectivity index (χ1) is 5.56. The Hall–Kier alpha value is 0.270. The number of hydrogen-bond acceptors (Lipinski definition) is 3. The lowest BCUT2D eigenvalue weighted by Gasteiger charge is -2.13. The molecule has 12 heavy (non-hydrogen) atoms. The second kappa shape index (κ2) is 6.75. The molecule has 0 aromatic heterocycles. The molecule has 0 saturated carbocycles. The molecule has 0 rings (SSSR count). The van der Waals surface area contributed by atoms with Gasteiger partial charge >= 0.3 is 0 Å². The van der Waals surface area contributed by atoms with Gasteiger partial charge in [-0.05, 0) is 13.8 Å². The third kappa shape index (κ3) is 6.95. The average molecular weight is 211 g/mol. The van der Waals surface area contributed by atoms with E-state index in [0.29, 0.717) is 12.5 Å². The smallest absolute Gasteiger partial charge is 0.186 e. The standard InChI is InChI=1S/C8H15ClO2S/c1-6(2)11-5-8(4-9)12-7(3)10/h6,8H,4-5H2,1-3H3. The van der Waals surface area contributed by atoms with Crippen molar-refractivity contribution in [2.24, 2.45) is 0 Å². The Morgan fingerprint density at radius 2 is 2.17 bits per heavy atom. The third-order valence-corrected chi connectivity index (χ3v) is 2.64. The molecular weight excluding hydrogens is 196 g/mol. The van der Waals surface area contributed by atoms with Crippen LogP contribution in [-0.2, 0) is 9.53 Å². The lowest BCUT2D eigenvalue weighted by Crippen LogP contribution is -2.18. The van der Waals surface area contributed by atoms with E-state index in [4.69, 9.17) is 16.3 Å². The number of hydrogen-bond donors (Lipinski definition) is 0. The summed E-state index contributed by atoms with van der Waals surface area (Å²) < 4.78 is 5.34. The number of halogens is 1. The number of carbonyl (C=O) groups excluding carboxylic acids is 1. The molecule has 0 bridgehead atoms. The minimum atomic E-state index is 0.0894. The molecule has 0 aliphatic carbocycles. The number of thioether (sulfide) groups is 1. The largest absolute Gasteiger partial charge is 0.378 e. The number of rotatable bonds is 5. The number of ether oxygens (including phenoxy) is 1. The highest BCUT2D eigenvalue weighted by molar-refractivity contribution is 8.14. The Bertz CT molecular complexity index is 139. The van der Waals surface area contributed by atoms with Crippen molar-refractivity contribution < 1.29 is 9.53 Å². The molecule has 0 heterocycles. The highest BCUT2D eigenvalue weighted by Gasteiger charge is 2.11. The topological polar surface area (TPSA) is 26.3 Å². The van der Waals surface area contributed by atoms with Crippen LogP contribution in [-0.4, -0.2) is 29.0 Å². The molecule has 0 aromatic rings. The van der Waals surface area contributed by atoms with E-state index in [1.807, 2.05) is 13.8 Å². The second-order valence-corrected chi connectivity index (χ2v) is 4.55. The minimum Gasteiger partial charge on any atom is -0.378 e. The van der Waals surface area contributed by atoms with Crippen LogP contribution >= 0.6 is 23.4 Å². The summed E-state index contributed by atoms with van der Waals surface area (Å²) in [5.41, 5.74) is 0. The van der Waals surface area contributed by atoms with E-state index in [1.165, 1.54) is 11.8 Å². The van der Waals surface area contributed by atoms with Gasteiger partial charge in [0.1, 0.15) is 0 Å². The molecule has 0 aliphatic rings. The van der Waals surface area contributed by atoms with Crippen LogP contribution in [0.3, 0.4) is 0 Å². The van der Waals surface area contributed by atoms with Gasteiger partial charge in [0, 0.05) is 18.1 Å². The molecule has 4 heteroatoms. The Balaban J connectivity index is 3.60. The number of carbonyl (C=O) groups is 1. The predicted molar refractivity (Wildman–Crippen MR) is 53.9 cm³/mol. The lowest BCUT2D eigenvalue weighted by atomic mass is 10.4. The first kappa shape index (κ1) is 12.3. The van der Waals surface area contributed by atoms with Crippen molar-refractivity contribution in [3.63, 3.8) is 0 Å². The van der Waals surface area contributed by atoms with Crippen LogP contribution in [0.2, 0.25) is 0 Å². The molecular formula is C8H15ClO2S. The molecule has 0 aliphatic heterocycles. The summed E-state index contributed by atoms with van der Waals surface area (Å²) in [6.07, 6.45) is 0.197. The van der Waals surface area contributed by atoms with Crippen molar-refractivity contribution in [2.75, 3.05) is 12.5 Å². The molecule has 0 amide bonds. The fourth-order valence-corrected chi connectivity index (χ4v) is 1.60. The Morgan fingerprint density at radius 1 is 1.58 bits per heavy atom. The fourth-order valence-electron chi connectivity index (χ4n) is 0.645. The molecule has 0 radical (unpaired) electrons. The summed E-state index contributed by atoms with van der Waals surface area (Å²) in [5, 5.41) is 0.180. The zero-order chi connectivity index (χ0) is 9.56. The molecule has 1 atom stereocenters. The van der Waals surface area contributed by atoms with Crippen LogP contribution in [0.4, 0.5) is 0 Å². The van der Waals surface area contributed by atoms with Crippen LogP contribution in [0.25, 0.3) is 0 Å². The van der Waals surface area contributed by atoms with E-state index in [2.05, 4.69) is 0 Å². The Labute approximate surface area is 83.0 Å². The normalized spacial score (nSPS) is 13.4. The third-order valence-electron chi connectivity index (χ3n) is 1.12. The predicted octanol–water partition coefficient (Wildman–Crippen LogP) is 2.30. The molecule has 1 unspecified atom stereocenters. The van der Waals surface area contributed by atoms with Crippen LogP contribution in [0.5, 0.6) is 0 Å². The molecule has 72 valence electrons. The zero-order valence-corrected chi connectivity index (χ0v) is 9.24. The zero-order valence-electron chi connectivity index (χ0n) is 7.67. The van der Waals surface area contributed by atoms with Crippen LogP contribution in [0, 0.1) is 0 Å². The van der Waals surface area contributed by atoms with Crippen LogP contribution in [0.1, 0.15) is 20.8 Å². The van der Waals surface area contributed by atoms with E-state index in [9.17, 15) is 4.79 Å². The van der Waals surface area contributed by atoms with E-state index in [0.717, 1.165) is 0 Å². The van der Waals surface area contributed by atoms with Gasteiger partial charge in [-0.2, -0.15) is 0 Å². The summed E-state index contributed by atoms with van der Waals surface area (Å²) >= 11 is 6.89. The highest BCUT2D eigenvalue weighted by atomic mass is 35.5. The number of alkyl halides is 1. The summed E-state index contributed by atoms with van der Waals surface area (Å²) in [6, 6.07) is 0. The van der Waals surface area contributed by atoms with Crippen molar-refractivity contribution in [2.45, 2.75) is 32.1 Å². The maximum absolute atomic E-state index is 10.7. The van der Waals surface area contributed by atoms with Crippen molar-refractivity contribution in [1.29, 1.82) is 0 Å². The summed E-state index contributed by atoms with van der Waals surface area (Å²) in [7, 11) is 0. The van der Waals surface area contributed by atoms with Gasteiger partial charge in [-0.3, -0.25) is 4.79 Å². The van der Waals surface area contributed by atoms with Gasteiger partial charge in [0.15, 0.2) is 5.12 Å². The molecule has 0 aromatic carbocycles. The summed E-state index contributed by atoms with van der Waals surface area (Å²) in [6.45, 7) is 6.01. The maximum atomic E-state index is 10.7. The van der Waals surface area contributed by atoms with Crippen LogP contribution in [0.15, 0.2) is 0 Å². The van der Waals surface area contributed by atoms with Gasteiger partial charge in [-0.1, -0.05) is 11.8 Å². The van der Waals surface area contributed by atoms with Crippen molar-refractivity contribution in [3.05, 3.63) is 0 Å². The molecule has 0 saturated heterocycles. The van der Waals surface area contributed by atoms with Gasteiger partial charge < -0.3 is 4.74 Å². The van der Waals surface area contributed by atoms with Crippen LogP contribution < -0.4 is 0 Å². The van der Waals surface area contributed by atoms with E-state index < -0.39 is 0 Å². The minimum absolute atomic E-state index is 0.0894. The maximum Gasteiger partial charge on any atom is 0.186 e. The molecule has 0 N–H and O–H groups in total. The van der Waals surface area contributed by atoms with Crippen molar-refractivity contribution in [1.82, 2.24) is 0 Å². The molecule has 0 fully saturated rings. The van der Waals surface area contributed by atoms with Gasteiger partial charge in [0.05, 0.1) is 12.7 Å². The Morgan fingerprint density at radius 3 is 2.50 bits per heavy atom. The fraction of sp³-hybridized carbons (Fsp3) is 0.875.